The van der Waals surface area contributed by atoms with Crippen molar-refractivity contribution in [3.63, 3.8) is 0 Å². The molecule has 0 saturated carbocycles. The van der Waals surface area contributed by atoms with Crippen molar-refractivity contribution in [1.29, 1.82) is 0 Å². The zero-order valence-electron chi connectivity index (χ0n) is 11.5. The van der Waals surface area contributed by atoms with Crippen molar-refractivity contribution in [3.8, 4) is 0 Å². The molecule has 2 heteroatoms. The van der Waals surface area contributed by atoms with E-state index in [1.54, 1.807) is 0 Å². The van der Waals surface area contributed by atoms with Crippen molar-refractivity contribution >= 4 is 5.91 Å². The maximum atomic E-state index is 12.2. The summed E-state index contributed by atoms with van der Waals surface area (Å²) in [5, 5.41) is 0. The lowest BCUT2D eigenvalue weighted by molar-refractivity contribution is -0.134. The summed E-state index contributed by atoms with van der Waals surface area (Å²) >= 11 is 0. The minimum atomic E-state index is 0.322. The van der Waals surface area contributed by atoms with Gasteiger partial charge in [-0.1, -0.05) is 29.8 Å². The van der Waals surface area contributed by atoms with Crippen molar-refractivity contribution in [2.24, 2.45) is 0 Å². The molecule has 18 heavy (non-hydrogen) atoms. The Morgan fingerprint density at radius 3 is 2.67 bits per heavy atom. The van der Waals surface area contributed by atoms with Crippen LogP contribution >= 0.6 is 0 Å². The molecule has 0 aliphatic carbocycles. The van der Waals surface area contributed by atoms with Gasteiger partial charge in [0, 0.05) is 19.0 Å². The lowest BCUT2D eigenvalue weighted by Crippen LogP contribution is -2.42. The molecule has 0 spiro atoms. The fraction of sp³-hybridized carbons (Fsp3) is 0.562. The molecule has 1 heterocycles. The fourth-order valence-corrected chi connectivity index (χ4v) is 2.62. The van der Waals surface area contributed by atoms with Gasteiger partial charge in [-0.15, -0.1) is 0 Å². The van der Waals surface area contributed by atoms with Gasteiger partial charge >= 0.3 is 0 Å². The highest BCUT2D eigenvalue weighted by Gasteiger charge is 2.22. The molecular formula is C16H23NO. The van der Waals surface area contributed by atoms with E-state index in [-0.39, 0.29) is 0 Å². The van der Waals surface area contributed by atoms with Gasteiger partial charge in [-0.05, 0) is 45.1 Å². The number of likely N-dealkylation sites (tertiary alicyclic amines) is 1. The Bertz CT molecular complexity index is 396. The molecule has 1 aliphatic heterocycles. The van der Waals surface area contributed by atoms with E-state index in [0.717, 1.165) is 19.4 Å². The highest BCUT2D eigenvalue weighted by atomic mass is 16.2. The highest BCUT2D eigenvalue weighted by molar-refractivity contribution is 5.76. The van der Waals surface area contributed by atoms with Crippen LogP contribution in [0.15, 0.2) is 24.3 Å². The first-order valence-electron chi connectivity index (χ1n) is 7.02. The summed E-state index contributed by atoms with van der Waals surface area (Å²) in [7, 11) is 0. The quantitative estimate of drug-likeness (QED) is 0.800. The lowest BCUT2D eigenvalue weighted by Gasteiger charge is -2.33. The number of aryl methyl sites for hydroxylation is 2. The summed E-state index contributed by atoms with van der Waals surface area (Å²) in [5.41, 5.74) is 2.54. The molecule has 0 bridgehead atoms. The third kappa shape index (κ3) is 3.34. The molecule has 1 unspecified atom stereocenters. The number of carbonyl (C=O) groups excluding carboxylic acids is 1. The average Bonchev–Trinajstić information content (AvgIpc) is 2.38. The summed E-state index contributed by atoms with van der Waals surface area (Å²) in [4.78, 5) is 14.2. The van der Waals surface area contributed by atoms with Crippen LogP contribution in [0.25, 0.3) is 0 Å². The number of hydrogen-bond acceptors (Lipinski definition) is 1. The van der Waals surface area contributed by atoms with Gasteiger partial charge in [-0.3, -0.25) is 4.79 Å². The molecule has 1 saturated heterocycles. The minimum absolute atomic E-state index is 0.322. The molecule has 1 atom stereocenters. The van der Waals surface area contributed by atoms with E-state index in [1.165, 1.54) is 24.0 Å². The van der Waals surface area contributed by atoms with Crippen LogP contribution in [0.1, 0.15) is 43.7 Å². The number of benzene rings is 1. The zero-order valence-corrected chi connectivity index (χ0v) is 11.5. The van der Waals surface area contributed by atoms with Gasteiger partial charge in [0.1, 0.15) is 0 Å². The van der Waals surface area contributed by atoms with Gasteiger partial charge in [-0.25, -0.2) is 0 Å². The number of piperidine rings is 1. The van der Waals surface area contributed by atoms with Gasteiger partial charge in [0.25, 0.3) is 0 Å². The van der Waals surface area contributed by atoms with Crippen LogP contribution in [-0.4, -0.2) is 23.4 Å². The van der Waals surface area contributed by atoms with Crippen molar-refractivity contribution < 1.29 is 4.79 Å². The summed E-state index contributed by atoms with van der Waals surface area (Å²) in [6, 6.07) is 8.92. The normalized spacial score (nSPS) is 19.9. The number of rotatable bonds is 3. The summed E-state index contributed by atoms with van der Waals surface area (Å²) in [6.45, 7) is 5.21. The van der Waals surface area contributed by atoms with Crippen molar-refractivity contribution in [2.45, 2.75) is 52.0 Å². The van der Waals surface area contributed by atoms with E-state index in [0.29, 0.717) is 18.4 Å². The van der Waals surface area contributed by atoms with E-state index >= 15 is 0 Å². The van der Waals surface area contributed by atoms with Gasteiger partial charge < -0.3 is 4.90 Å². The SMILES string of the molecule is Cc1ccc(CCC(=O)N2CCCCC2C)cc1. The summed E-state index contributed by atoms with van der Waals surface area (Å²) < 4.78 is 0. The topological polar surface area (TPSA) is 20.3 Å². The van der Waals surface area contributed by atoms with Crippen LogP contribution in [0.5, 0.6) is 0 Å². The van der Waals surface area contributed by atoms with Gasteiger partial charge in [-0.2, -0.15) is 0 Å². The Hall–Kier alpha value is -1.31. The number of nitrogens with zero attached hydrogens (tertiary/aromatic N) is 1. The molecule has 1 fully saturated rings. The predicted molar refractivity (Wildman–Crippen MR) is 74.5 cm³/mol. The molecule has 98 valence electrons. The Kier molecular flexibility index (Phi) is 4.40. The smallest absolute Gasteiger partial charge is 0.223 e. The second kappa shape index (κ2) is 6.03. The van der Waals surface area contributed by atoms with Crippen molar-refractivity contribution in [1.82, 2.24) is 4.90 Å². The maximum Gasteiger partial charge on any atom is 0.223 e. The molecule has 0 radical (unpaired) electrons. The first-order valence-corrected chi connectivity index (χ1v) is 7.02. The largest absolute Gasteiger partial charge is 0.340 e. The monoisotopic (exact) mass is 245 g/mol. The highest BCUT2D eigenvalue weighted by Crippen LogP contribution is 2.18. The summed E-state index contributed by atoms with van der Waals surface area (Å²) in [5.74, 6) is 0.322. The molecule has 1 aliphatic rings. The predicted octanol–water partition coefficient (Wildman–Crippen LogP) is 3.33. The molecule has 1 amide bonds. The number of amides is 1. The van der Waals surface area contributed by atoms with E-state index < -0.39 is 0 Å². The Morgan fingerprint density at radius 2 is 2.00 bits per heavy atom. The van der Waals surface area contributed by atoms with Crippen LogP contribution < -0.4 is 0 Å². The third-order valence-electron chi connectivity index (χ3n) is 3.87. The second-order valence-corrected chi connectivity index (χ2v) is 5.42. The molecule has 0 N–H and O–H groups in total. The Labute approximate surface area is 110 Å². The van der Waals surface area contributed by atoms with Crippen LogP contribution in [0.3, 0.4) is 0 Å². The Balaban J connectivity index is 1.85. The first kappa shape index (κ1) is 13.1. The van der Waals surface area contributed by atoms with Crippen molar-refractivity contribution in [3.05, 3.63) is 35.4 Å². The van der Waals surface area contributed by atoms with E-state index in [2.05, 4.69) is 43.0 Å². The molecule has 2 nitrogen and oxygen atoms in total. The molecular weight excluding hydrogens is 222 g/mol. The molecule has 2 rings (SSSR count). The van der Waals surface area contributed by atoms with Crippen LogP contribution in [0, 0.1) is 6.92 Å². The van der Waals surface area contributed by atoms with Gasteiger partial charge in [0.15, 0.2) is 0 Å². The first-order chi connectivity index (χ1) is 8.66. The Morgan fingerprint density at radius 1 is 1.28 bits per heavy atom. The van der Waals surface area contributed by atoms with Gasteiger partial charge in [0.05, 0.1) is 0 Å². The molecule has 0 aromatic heterocycles. The van der Waals surface area contributed by atoms with Gasteiger partial charge in [0.2, 0.25) is 5.91 Å². The molecule has 1 aromatic rings. The maximum absolute atomic E-state index is 12.2. The second-order valence-electron chi connectivity index (χ2n) is 5.42. The zero-order chi connectivity index (χ0) is 13.0. The van der Waals surface area contributed by atoms with E-state index in [1.807, 2.05) is 0 Å². The fourth-order valence-electron chi connectivity index (χ4n) is 2.62. The van der Waals surface area contributed by atoms with Crippen molar-refractivity contribution in [2.75, 3.05) is 6.54 Å². The van der Waals surface area contributed by atoms with E-state index in [4.69, 9.17) is 0 Å². The standard InChI is InChI=1S/C16H23NO/c1-13-6-8-15(9-7-13)10-11-16(18)17-12-4-3-5-14(17)2/h6-9,14H,3-5,10-12H2,1-2H3. The van der Waals surface area contributed by atoms with Crippen LogP contribution in [0.4, 0.5) is 0 Å². The molecule has 1 aromatic carbocycles. The van der Waals surface area contributed by atoms with E-state index in [9.17, 15) is 4.79 Å². The summed E-state index contributed by atoms with van der Waals surface area (Å²) in [6.07, 6.45) is 5.11. The van der Waals surface area contributed by atoms with Crippen LogP contribution in [0.2, 0.25) is 0 Å². The minimum Gasteiger partial charge on any atom is -0.340 e. The lowest BCUT2D eigenvalue weighted by atomic mass is 10.0. The number of carbonyl (C=O) groups is 1. The number of hydrogen-bond donors (Lipinski definition) is 0. The third-order valence-corrected chi connectivity index (χ3v) is 3.87. The van der Waals surface area contributed by atoms with Crippen LogP contribution in [-0.2, 0) is 11.2 Å². The average molecular weight is 245 g/mol.